The Labute approximate surface area is 380 Å². The molecule has 0 spiro atoms. The predicted octanol–water partition coefficient (Wildman–Crippen LogP) is 7.99. The number of ketones is 2. The van der Waals surface area contributed by atoms with E-state index in [1.807, 2.05) is 0 Å². The minimum absolute atomic E-state index is 0.00948. The van der Waals surface area contributed by atoms with Gasteiger partial charge in [0.15, 0.2) is 0 Å². The van der Waals surface area contributed by atoms with E-state index >= 15 is 0 Å². The van der Waals surface area contributed by atoms with Gasteiger partial charge in [-0.2, -0.15) is 0 Å². The molecule has 2 aromatic carbocycles. The summed E-state index contributed by atoms with van der Waals surface area (Å²) in [6.07, 6.45) is 5.58. The van der Waals surface area contributed by atoms with Crippen LogP contribution < -0.4 is 10.6 Å². The van der Waals surface area contributed by atoms with Gasteiger partial charge in [0, 0.05) is 81.8 Å². The van der Waals surface area contributed by atoms with Gasteiger partial charge in [0.25, 0.3) is 0 Å². The fourth-order valence-corrected chi connectivity index (χ4v) is 7.44. The highest BCUT2D eigenvalue weighted by Gasteiger charge is 2.25. The molecule has 0 saturated heterocycles. The first-order chi connectivity index (χ1) is 29.1. The van der Waals surface area contributed by atoms with Gasteiger partial charge in [0.05, 0.1) is 21.2 Å². The summed E-state index contributed by atoms with van der Waals surface area (Å²) in [5.74, 6) is -0.671. The zero-order valence-corrected chi connectivity index (χ0v) is 41.1. The van der Waals surface area contributed by atoms with E-state index in [1.54, 1.807) is 109 Å². The Balaban J connectivity index is 0.000000360. The number of alkyl halides is 1. The van der Waals surface area contributed by atoms with Crippen molar-refractivity contribution in [3.8, 4) is 0 Å². The molecule has 2 heterocycles. The number of nitrogens with one attached hydrogen (secondary N) is 2. The average molecular weight is 976 g/mol. The van der Waals surface area contributed by atoms with Crippen molar-refractivity contribution in [1.82, 2.24) is 18.6 Å². The zero-order chi connectivity index (χ0) is 47.9. The van der Waals surface area contributed by atoms with Crippen LogP contribution in [-0.4, -0.2) is 98.6 Å². The molecule has 0 fully saturated rings. The molecule has 1 unspecified atom stereocenters. The van der Waals surface area contributed by atoms with Crippen LogP contribution >= 0.6 is 15.9 Å². The summed E-state index contributed by atoms with van der Waals surface area (Å²) in [5, 5.41) is 6.04. The summed E-state index contributed by atoms with van der Waals surface area (Å²) in [6, 6.07) is 16.5. The smallest absolute Gasteiger partial charge is 0.412 e. The average Bonchev–Trinajstić information content (AvgIpc) is 3.17. The minimum atomic E-state index is -3.53. The quantitative estimate of drug-likeness (QED) is 0.122. The molecule has 2 aromatic heterocycles. The molecule has 0 radical (unpaired) electrons. The molecule has 2 amide bonds. The molecule has 0 saturated carbocycles. The number of halogens is 1. The number of amides is 2. The number of anilines is 2. The SMILES string of the molecule is CC(=O)C(Cc1ccc(S(=O)(=O)N(C)C)cc1)c1cnccc1NC(=O)OC(C)(C)C.CC(=O)Cc1cnccc1NC(=O)OC(C)(C)C.CN(C)S(=O)(=O)c1ccc(CBr)cc1. The Hall–Kier alpha value is -5.08. The molecule has 0 aliphatic rings. The van der Waals surface area contributed by atoms with Crippen LogP contribution in [0.15, 0.2) is 95.2 Å². The lowest BCUT2D eigenvalue weighted by molar-refractivity contribution is -0.118. The molecular formula is C44H59BrN6O10S2. The second-order valence-corrected chi connectivity index (χ2v) is 21.4. The number of nitrogens with zero attached hydrogens (tertiary/aromatic N) is 4. The van der Waals surface area contributed by atoms with Gasteiger partial charge in [-0.15, -0.1) is 0 Å². The highest BCUT2D eigenvalue weighted by Crippen LogP contribution is 2.29. The van der Waals surface area contributed by atoms with Gasteiger partial charge >= 0.3 is 12.2 Å². The van der Waals surface area contributed by atoms with Crippen LogP contribution in [0.4, 0.5) is 21.0 Å². The van der Waals surface area contributed by atoms with Crippen LogP contribution in [0.2, 0.25) is 0 Å². The Kier molecular flexibility index (Phi) is 20.2. The topological polar surface area (TPSA) is 211 Å². The Morgan fingerprint density at radius 3 is 1.46 bits per heavy atom. The van der Waals surface area contributed by atoms with E-state index in [4.69, 9.17) is 9.47 Å². The van der Waals surface area contributed by atoms with Gasteiger partial charge in [-0.05, 0) is 109 Å². The second-order valence-electron chi connectivity index (χ2n) is 16.5. The van der Waals surface area contributed by atoms with Crippen molar-refractivity contribution in [1.29, 1.82) is 0 Å². The third kappa shape index (κ3) is 18.3. The number of pyridine rings is 2. The Morgan fingerprint density at radius 1 is 0.651 bits per heavy atom. The second kappa shape index (κ2) is 23.6. The van der Waals surface area contributed by atoms with E-state index in [0.717, 1.165) is 20.8 Å². The lowest BCUT2D eigenvalue weighted by Gasteiger charge is -2.22. The molecule has 4 aromatic rings. The summed E-state index contributed by atoms with van der Waals surface area (Å²) in [6.45, 7) is 13.6. The van der Waals surface area contributed by atoms with Crippen LogP contribution in [0, 0.1) is 0 Å². The number of aromatic nitrogens is 2. The maximum absolute atomic E-state index is 12.5. The Bertz CT molecular complexity index is 2400. The number of benzene rings is 2. The zero-order valence-electron chi connectivity index (χ0n) is 37.8. The van der Waals surface area contributed by atoms with E-state index < -0.39 is 49.4 Å². The van der Waals surface area contributed by atoms with E-state index in [2.05, 4.69) is 36.5 Å². The summed E-state index contributed by atoms with van der Waals surface area (Å²) < 4.78 is 60.6. The van der Waals surface area contributed by atoms with Crippen molar-refractivity contribution in [3.05, 3.63) is 108 Å². The molecule has 2 N–H and O–H groups in total. The van der Waals surface area contributed by atoms with Crippen LogP contribution in [0.1, 0.15) is 83.6 Å². The van der Waals surface area contributed by atoms with Crippen molar-refractivity contribution >= 4 is 71.1 Å². The third-order valence-corrected chi connectivity index (χ3v) is 12.6. The maximum Gasteiger partial charge on any atom is 0.412 e. The van der Waals surface area contributed by atoms with Crippen molar-refractivity contribution < 1.29 is 45.5 Å². The number of rotatable bonds is 13. The van der Waals surface area contributed by atoms with Gasteiger partial charge in [-0.3, -0.25) is 30.2 Å². The van der Waals surface area contributed by atoms with Gasteiger partial charge in [0.2, 0.25) is 20.0 Å². The first kappa shape index (κ1) is 54.1. The molecular weight excluding hydrogens is 917 g/mol. The highest BCUT2D eigenvalue weighted by molar-refractivity contribution is 9.08. The summed E-state index contributed by atoms with van der Waals surface area (Å²) in [4.78, 5) is 56.0. The predicted molar refractivity (Wildman–Crippen MR) is 247 cm³/mol. The van der Waals surface area contributed by atoms with Crippen molar-refractivity contribution in [2.45, 2.75) is 100 Å². The summed E-state index contributed by atoms with van der Waals surface area (Å²) in [7, 11) is -0.834. The van der Waals surface area contributed by atoms with E-state index in [9.17, 15) is 36.0 Å². The summed E-state index contributed by atoms with van der Waals surface area (Å²) >= 11 is 3.30. The fraction of sp³-hybridized carbons (Fsp3) is 0.409. The van der Waals surface area contributed by atoms with Gasteiger partial charge in [-0.25, -0.2) is 35.0 Å². The highest BCUT2D eigenvalue weighted by atomic mass is 79.9. The third-order valence-electron chi connectivity index (χ3n) is 8.33. The van der Waals surface area contributed by atoms with E-state index in [0.29, 0.717) is 33.8 Å². The number of Topliss-reactive ketones (excluding diaryl/α,β-unsaturated/α-hetero) is 2. The lowest BCUT2D eigenvalue weighted by atomic mass is 9.89. The largest absolute Gasteiger partial charge is 0.444 e. The van der Waals surface area contributed by atoms with Crippen molar-refractivity contribution in [3.63, 3.8) is 0 Å². The maximum atomic E-state index is 12.5. The molecule has 0 bridgehead atoms. The van der Waals surface area contributed by atoms with Gasteiger partial charge in [-0.1, -0.05) is 40.2 Å². The molecule has 63 heavy (non-hydrogen) atoms. The molecule has 1 atom stereocenters. The monoisotopic (exact) mass is 974 g/mol. The molecule has 0 aliphatic heterocycles. The molecule has 4 rings (SSSR count). The van der Waals surface area contributed by atoms with E-state index in [1.165, 1.54) is 64.7 Å². The normalized spacial score (nSPS) is 12.2. The van der Waals surface area contributed by atoms with Crippen LogP contribution in [0.5, 0.6) is 0 Å². The van der Waals surface area contributed by atoms with Crippen LogP contribution in [-0.2, 0) is 57.3 Å². The van der Waals surface area contributed by atoms with Crippen LogP contribution in [0.3, 0.4) is 0 Å². The number of hydrogen-bond donors (Lipinski definition) is 2. The molecule has 19 heteroatoms. The Morgan fingerprint density at radius 2 is 1.06 bits per heavy atom. The standard InChI is InChI=1S/C22H29N3O5S.C13H18N2O3.C9H12BrNO2S/c1-15(26)18(13-16-7-9-17(10-8-16)31(28,29)25(5)6)19-14-23-12-11-20(19)24-21(27)30-22(2,3)4;1-9(16)7-10-8-14-6-5-11(10)15-12(17)18-13(2,3)4;1-11(2)14(12,13)9-5-3-8(7-10)4-6-9/h7-12,14,18H,13H2,1-6H3,(H,23,24,27);5-6,8H,7H2,1-4H3,(H,14,15,17);3-6H,7H2,1-2H3. The number of hydrogen-bond acceptors (Lipinski definition) is 12. The fourth-order valence-electron chi connectivity index (χ4n) is 5.26. The van der Waals surface area contributed by atoms with Crippen molar-refractivity contribution in [2.75, 3.05) is 38.8 Å². The first-order valence-corrected chi connectivity index (χ1v) is 23.5. The van der Waals surface area contributed by atoms with E-state index in [-0.39, 0.29) is 22.9 Å². The number of carbonyl (C=O) groups is 4. The molecule has 0 aliphatic carbocycles. The number of ether oxygens (including phenoxy) is 2. The molecule has 344 valence electrons. The minimum Gasteiger partial charge on any atom is -0.444 e. The van der Waals surface area contributed by atoms with Crippen LogP contribution in [0.25, 0.3) is 0 Å². The van der Waals surface area contributed by atoms with Gasteiger partial charge < -0.3 is 9.47 Å². The summed E-state index contributed by atoms with van der Waals surface area (Å²) in [5.41, 5.74) is 2.85. The van der Waals surface area contributed by atoms with Gasteiger partial charge in [0.1, 0.15) is 22.8 Å². The van der Waals surface area contributed by atoms with Crippen molar-refractivity contribution in [2.24, 2.45) is 0 Å². The number of sulfonamides is 2. The lowest BCUT2D eigenvalue weighted by Crippen LogP contribution is -2.28. The first-order valence-electron chi connectivity index (χ1n) is 19.5. The molecule has 16 nitrogen and oxygen atoms in total. The number of carbonyl (C=O) groups excluding carboxylic acids is 4.